The van der Waals surface area contributed by atoms with Crippen molar-refractivity contribution < 1.29 is 19.6 Å². The molecule has 0 spiro atoms. The molecule has 0 bridgehead atoms. The van der Waals surface area contributed by atoms with E-state index in [0.717, 1.165) is 23.3 Å². The average molecular weight is 371 g/mol. The van der Waals surface area contributed by atoms with Crippen molar-refractivity contribution in [3.63, 3.8) is 0 Å². The predicted molar refractivity (Wildman–Crippen MR) is 101 cm³/mol. The van der Waals surface area contributed by atoms with Crippen LogP contribution in [0.4, 0.5) is 5.69 Å². The number of aromatic hydroxyl groups is 1. The van der Waals surface area contributed by atoms with Crippen molar-refractivity contribution in [1.82, 2.24) is 5.43 Å². The van der Waals surface area contributed by atoms with Crippen LogP contribution in [0.5, 0.6) is 11.5 Å². The molecule has 0 aliphatic rings. The SMILES string of the molecule is COc1ccc(CCCC(=O)N/N=C/c2ccc(O)c([N+](=O)[O-])c2)cc1C. The number of amides is 1. The summed E-state index contributed by atoms with van der Waals surface area (Å²) < 4.78 is 5.22. The second-order valence-corrected chi connectivity index (χ2v) is 5.96. The van der Waals surface area contributed by atoms with Crippen molar-refractivity contribution in [3.8, 4) is 11.5 Å². The molecule has 0 unspecified atom stereocenters. The fourth-order valence-corrected chi connectivity index (χ4v) is 2.55. The van der Waals surface area contributed by atoms with Gasteiger partial charge in [-0.25, -0.2) is 5.43 Å². The molecule has 0 aliphatic carbocycles. The maximum absolute atomic E-state index is 11.8. The monoisotopic (exact) mass is 371 g/mol. The van der Waals surface area contributed by atoms with Gasteiger partial charge in [-0.3, -0.25) is 14.9 Å². The molecule has 0 atom stereocenters. The highest BCUT2D eigenvalue weighted by Gasteiger charge is 2.12. The molecule has 27 heavy (non-hydrogen) atoms. The lowest BCUT2D eigenvalue weighted by molar-refractivity contribution is -0.385. The van der Waals surface area contributed by atoms with Crippen LogP contribution in [0.3, 0.4) is 0 Å². The van der Waals surface area contributed by atoms with Crippen molar-refractivity contribution in [2.75, 3.05) is 7.11 Å². The molecule has 2 aromatic carbocycles. The minimum atomic E-state index is -0.688. The molecule has 0 saturated carbocycles. The van der Waals surface area contributed by atoms with Crippen molar-refractivity contribution in [2.45, 2.75) is 26.2 Å². The number of methoxy groups -OCH3 is 1. The number of phenolic OH excluding ortho intramolecular Hbond substituents is 1. The molecule has 0 fully saturated rings. The second kappa shape index (κ2) is 9.33. The standard InChI is InChI=1S/C19H21N3O5/c1-13-10-14(7-9-18(13)27-2)4-3-5-19(24)21-20-12-15-6-8-17(23)16(11-15)22(25)26/h6-12,23H,3-5H2,1-2H3,(H,21,24)/b20-12+. The second-order valence-electron chi connectivity index (χ2n) is 5.96. The van der Waals surface area contributed by atoms with Gasteiger partial charge in [0.25, 0.3) is 0 Å². The molecule has 142 valence electrons. The summed E-state index contributed by atoms with van der Waals surface area (Å²) >= 11 is 0. The van der Waals surface area contributed by atoms with E-state index >= 15 is 0 Å². The first-order valence-corrected chi connectivity index (χ1v) is 8.33. The number of hydrogen-bond acceptors (Lipinski definition) is 6. The fraction of sp³-hybridized carbons (Fsp3) is 0.263. The van der Waals surface area contributed by atoms with Gasteiger partial charge in [-0.2, -0.15) is 5.10 Å². The van der Waals surface area contributed by atoms with E-state index in [1.54, 1.807) is 7.11 Å². The highest BCUT2D eigenvalue weighted by atomic mass is 16.6. The molecular weight excluding hydrogens is 350 g/mol. The van der Waals surface area contributed by atoms with Gasteiger partial charge in [0.2, 0.25) is 5.91 Å². The number of rotatable bonds is 8. The lowest BCUT2D eigenvalue weighted by Crippen LogP contribution is -2.17. The Labute approximate surface area is 156 Å². The van der Waals surface area contributed by atoms with Crippen molar-refractivity contribution >= 4 is 17.8 Å². The average Bonchev–Trinajstić information content (AvgIpc) is 2.63. The smallest absolute Gasteiger partial charge is 0.311 e. The Morgan fingerprint density at radius 1 is 1.33 bits per heavy atom. The van der Waals surface area contributed by atoms with Crippen LogP contribution in [0, 0.1) is 17.0 Å². The molecule has 1 amide bonds. The van der Waals surface area contributed by atoms with E-state index in [0.29, 0.717) is 18.4 Å². The third-order valence-corrected chi connectivity index (χ3v) is 3.93. The van der Waals surface area contributed by atoms with Crippen molar-refractivity contribution in [2.24, 2.45) is 5.10 Å². The molecule has 2 N–H and O–H groups in total. The van der Waals surface area contributed by atoms with Gasteiger partial charge in [-0.15, -0.1) is 0 Å². The summed E-state index contributed by atoms with van der Waals surface area (Å²) in [7, 11) is 1.63. The Hall–Kier alpha value is -3.42. The molecule has 8 heteroatoms. The Bertz CT molecular complexity index is 864. The maximum Gasteiger partial charge on any atom is 0.311 e. The number of nitrogens with zero attached hydrogens (tertiary/aromatic N) is 2. The zero-order valence-corrected chi connectivity index (χ0v) is 15.1. The molecule has 0 radical (unpaired) electrons. The highest BCUT2D eigenvalue weighted by Crippen LogP contribution is 2.25. The minimum Gasteiger partial charge on any atom is -0.502 e. The topological polar surface area (TPSA) is 114 Å². The van der Waals surface area contributed by atoms with Crippen LogP contribution in [-0.4, -0.2) is 29.3 Å². The molecule has 0 aliphatic heterocycles. The zero-order chi connectivity index (χ0) is 19.8. The number of benzene rings is 2. The van der Waals surface area contributed by atoms with Crippen LogP contribution < -0.4 is 10.2 Å². The lowest BCUT2D eigenvalue weighted by atomic mass is 10.1. The Kier molecular flexibility index (Phi) is 6.87. The van der Waals surface area contributed by atoms with E-state index < -0.39 is 16.4 Å². The van der Waals surface area contributed by atoms with Crippen molar-refractivity contribution in [3.05, 3.63) is 63.2 Å². The fourth-order valence-electron chi connectivity index (χ4n) is 2.55. The number of phenols is 1. The Morgan fingerprint density at radius 2 is 2.11 bits per heavy atom. The number of carbonyl (C=O) groups is 1. The first kappa shape index (κ1) is 19.9. The van der Waals surface area contributed by atoms with Gasteiger partial charge in [0.05, 0.1) is 18.2 Å². The van der Waals surface area contributed by atoms with Crippen LogP contribution in [0.25, 0.3) is 0 Å². The summed E-state index contributed by atoms with van der Waals surface area (Å²) in [6.07, 6.45) is 3.01. The summed E-state index contributed by atoms with van der Waals surface area (Å²) in [5.74, 6) is 0.167. The zero-order valence-electron chi connectivity index (χ0n) is 15.1. The molecular formula is C19H21N3O5. The number of nitrogens with one attached hydrogen (secondary N) is 1. The number of ether oxygens (including phenoxy) is 1. The quantitative estimate of drug-likeness (QED) is 0.420. The first-order chi connectivity index (χ1) is 12.9. The molecule has 0 aromatic heterocycles. The summed E-state index contributed by atoms with van der Waals surface area (Å²) in [5, 5.41) is 24.0. The van der Waals surface area contributed by atoms with E-state index in [9.17, 15) is 20.0 Å². The highest BCUT2D eigenvalue weighted by molar-refractivity contribution is 5.83. The van der Waals surface area contributed by atoms with Crippen molar-refractivity contribution in [1.29, 1.82) is 0 Å². The van der Waals surface area contributed by atoms with Gasteiger partial charge < -0.3 is 9.84 Å². The number of aryl methyl sites for hydroxylation is 2. The van der Waals surface area contributed by atoms with E-state index in [2.05, 4.69) is 10.5 Å². The van der Waals surface area contributed by atoms with Gasteiger partial charge in [0, 0.05) is 18.1 Å². The summed E-state index contributed by atoms with van der Waals surface area (Å²) in [4.78, 5) is 21.9. The van der Waals surface area contributed by atoms with Gasteiger partial charge in [-0.05, 0) is 49.1 Å². The maximum atomic E-state index is 11.8. The van der Waals surface area contributed by atoms with Gasteiger partial charge in [0.1, 0.15) is 5.75 Å². The van der Waals surface area contributed by atoms with Crippen LogP contribution in [0.2, 0.25) is 0 Å². The first-order valence-electron chi connectivity index (χ1n) is 8.33. The predicted octanol–water partition coefficient (Wildman–Crippen LogP) is 3.09. The largest absolute Gasteiger partial charge is 0.502 e. The Balaban J connectivity index is 1.81. The van der Waals surface area contributed by atoms with Gasteiger partial charge in [0.15, 0.2) is 5.75 Å². The number of hydrazone groups is 1. The molecule has 0 heterocycles. The summed E-state index contributed by atoms with van der Waals surface area (Å²) in [5.41, 5.74) is 4.54. The van der Waals surface area contributed by atoms with E-state index in [-0.39, 0.29) is 5.91 Å². The van der Waals surface area contributed by atoms with Crippen LogP contribution in [0.15, 0.2) is 41.5 Å². The van der Waals surface area contributed by atoms with Crippen LogP contribution in [-0.2, 0) is 11.2 Å². The van der Waals surface area contributed by atoms with Crippen LogP contribution in [0.1, 0.15) is 29.5 Å². The number of nitro groups is 1. The minimum absolute atomic E-state index is 0.246. The molecule has 2 aromatic rings. The van der Waals surface area contributed by atoms with Gasteiger partial charge in [-0.1, -0.05) is 12.1 Å². The number of nitro benzene ring substituents is 1. The van der Waals surface area contributed by atoms with Gasteiger partial charge >= 0.3 is 5.69 Å². The number of hydrogen-bond donors (Lipinski definition) is 2. The number of carbonyl (C=O) groups excluding carboxylic acids is 1. The molecule has 0 saturated heterocycles. The van der Waals surface area contributed by atoms with E-state index in [1.165, 1.54) is 24.4 Å². The van der Waals surface area contributed by atoms with E-state index in [1.807, 2.05) is 25.1 Å². The van der Waals surface area contributed by atoms with Crippen LogP contribution >= 0.6 is 0 Å². The normalized spacial score (nSPS) is 10.7. The lowest BCUT2D eigenvalue weighted by Gasteiger charge is -2.07. The molecule has 8 nitrogen and oxygen atoms in total. The third kappa shape index (κ3) is 5.81. The third-order valence-electron chi connectivity index (χ3n) is 3.93. The summed E-state index contributed by atoms with van der Waals surface area (Å²) in [6.45, 7) is 1.97. The molecule has 2 rings (SSSR count). The summed E-state index contributed by atoms with van der Waals surface area (Å²) in [6, 6.07) is 9.76. The van der Waals surface area contributed by atoms with E-state index in [4.69, 9.17) is 4.74 Å². The Morgan fingerprint density at radius 3 is 2.78 bits per heavy atom.